The highest BCUT2D eigenvalue weighted by atomic mass is 16.5. The van der Waals surface area contributed by atoms with Gasteiger partial charge in [-0.3, -0.25) is 4.79 Å². The molecule has 1 aromatic heterocycles. The molecule has 4 nitrogen and oxygen atoms in total. The predicted molar refractivity (Wildman–Crippen MR) is 66.1 cm³/mol. The molecule has 0 atom stereocenters. The Kier molecular flexibility index (Phi) is 5.77. The molecule has 0 aliphatic heterocycles. The molecule has 4 heteroatoms. The molecule has 0 radical (unpaired) electrons. The van der Waals surface area contributed by atoms with Crippen LogP contribution < -0.4 is 5.32 Å². The molecular weight excluding hydrogens is 218 g/mol. The lowest BCUT2D eigenvalue weighted by Crippen LogP contribution is -2.25. The Labute approximate surface area is 102 Å². The van der Waals surface area contributed by atoms with Crippen LogP contribution in [0.2, 0.25) is 0 Å². The van der Waals surface area contributed by atoms with Gasteiger partial charge >= 0.3 is 0 Å². The molecule has 0 aliphatic carbocycles. The molecule has 0 aliphatic rings. The number of rotatable bonds is 7. The van der Waals surface area contributed by atoms with Crippen LogP contribution in [0.1, 0.15) is 36.4 Å². The first kappa shape index (κ1) is 13.8. The second kappa shape index (κ2) is 7.12. The first-order valence-electron chi connectivity index (χ1n) is 6.01. The first-order valence-corrected chi connectivity index (χ1v) is 6.01. The van der Waals surface area contributed by atoms with Crippen molar-refractivity contribution in [2.75, 3.05) is 19.8 Å². The molecule has 17 heavy (non-hydrogen) atoms. The van der Waals surface area contributed by atoms with Gasteiger partial charge in [-0.05, 0) is 25.3 Å². The van der Waals surface area contributed by atoms with E-state index in [0.29, 0.717) is 30.4 Å². The maximum absolute atomic E-state index is 11.7. The van der Waals surface area contributed by atoms with Crippen LogP contribution in [0.4, 0.5) is 0 Å². The van der Waals surface area contributed by atoms with E-state index in [9.17, 15) is 4.79 Å². The molecule has 1 N–H and O–H groups in total. The zero-order valence-corrected chi connectivity index (χ0v) is 10.8. The Hall–Kier alpha value is -1.29. The van der Waals surface area contributed by atoms with Gasteiger partial charge in [0.2, 0.25) is 0 Å². The minimum atomic E-state index is -0.0832. The number of hydrogen-bond acceptors (Lipinski definition) is 3. The van der Waals surface area contributed by atoms with E-state index in [1.165, 1.54) is 6.26 Å². The van der Waals surface area contributed by atoms with Crippen LogP contribution in [-0.2, 0) is 4.74 Å². The molecule has 0 aromatic carbocycles. The maximum Gasteiger partial charge on any atom is 0.254 e. The van der Waals surface area contributed by atoms with Gasteiger partial charge in [0.15, 0.2) is 0 Å². The van der Waals surface area contributed by atoms with Crippen molar-refractivity contribution in [1.29, 1.82) is 0 Å². The minimum Gasteiger partial charge on any atom is -0.469 e. The molecule has 0 fully saturated rings. The fraction of sp³-hybridized carbons (Fsp3) is 0.615. The van der Waals surface area contributed by atoms with Crippen molar-refractivity contribution in [1.82, 2.24) is 5.32 Å². The highest BCUT2D eigenvalue weighted by molar-refractivity contribution is 5.94. The molecule has 0 unspecified atom stereocenters. The molecule has 0 bridgehead atoms. The van der Waals surface area contributed by atoms with Gasteiger partial charge in [0, 0.05) is 19.8 Å². The second-order valence-electron chi connectivity index (χ2n) is 4.47. The lowest BCUT2D eigenvalue weighted by atomic mass is 10.2. The molecule has 1 aromatic rings. The quantitative estimate of drug-likeness (QED) is 0.743. The van der Waals surface area contributed by atoms with Gasteiger partial charge in [0.25, 0.3) is 5.91 Å². The van der Waals surface area contributed by atoms with Crippen molar-refractivity contribution in [3.8, 4) is 0 Å². The van der Waals surface area contributed by atoms with Crippen LogP contribution >= 0.6 is 0 Å². The Balaban J connectivity index is 2.11. The normalized spacial score (nSPS) is 10.8. The summed E-state index contributed by atoms with van der Waals surface area (Å²) >= 11 is 0. The lowest BCUT2D eigenvalue weighted by Gasteiger charge is -2.07. The van der Waals surface area contributed by atoms with Crippen molar-refractivity contribution < 1.29 is 13.9 Å². The van der Waals surface area contributed by atoms with Crippen molar-refractivity contribution in [2.24, 2.45) is 5.92 Å². The van der Waals surface area contributed by atoms with E-state index in [1.54, 1.807) is 13.0 Å². The zero-order valence-electron chi connectivity index (χ0n) is 10.8. The number of amides is 1. The van der Waals surface area contributed by atoms with E-state index in [-0.39, 0.29) is 5.91 Å². The smallest absolute Gasteiger partial charge is 0.254 e. The summed E-state index contributed by atoms with van der Waals surface area (Å²) in [5.74, 6) is 1.12. The highest BCUT2D eigenvalue weighted by Crippen LogP contribution is 2.07. The fourth-order valence-electron chi connectivity index (χ4n) is 1.41. The van der Waals surface area contributed by atoms with Crippen molar-refractivity contribution in [2.45, 2.75) is 27.2 Å². The standard InChI is InChI=1S/C13H21NO3/c1-10(2)9-16-7-4-6-14-13(15)12-5-8-17-11(12)3/h5,8,10H,4,6-7,9H2,1-3H3,(H,14,15). The molecule has 96 valence electrons. The van der Waals surface area contributed by atoms with Crippen molar-refractivity contribution in [3.05, 3.63) is 23.7 Å². The van der Waals surface area contributed by atoms with Gasteiger partial charge in [-0.1, -0.05) is 13.8 Å². The minimum absolute atomic E-state index is 0.0832. The summed E-state index contributed by atoms with van der Waals surface area (Å²) in [6.07, 6.45) is 2.35. The van der Waals surface area contributed by atoms with E-state index >= 15 is 0 Å². The number of aryl methyl sites for hydroxylation is 1. The summed E-state index contributed by atoms with van der Waals surface area (Å²) in [6.45, 7) is 8.09. The number of furan rings is 1. The number of nitrogens with one attached hydrogen (secondary N) is 1. The van der Waals surface area contributed by atoms with E-state index in [2.05, 4.69) is 19.2 Å². The Bertz CT molecular complexity index is 344. The lowest BCUT2D eigenvalue weighted by molar-refractivity contribution is 0.0923. The van der Waals surface area contributed by atoms with Crippen LogP contribution in [0, 0.1) is 12.8 Å². The molecule has 0 spiro atoms. The van der Waals surface area contributed by atoms with Gasteiger partial charge in [-0.2, -0.15) is 0 Å². The van der Waals surface area contributed by atoms with Gasteiger partial charge < -0.3 is 14.5 Å². The molecule has 0 saturated carbocycles. The number of carbonyl (C=O) groups is 1. The SMILES string of the molecule is Cc1occc1C(=O)NCCCOCC(C)C. The second-order valence-corrected chi connectivity index (χ2v) is 4.47. The summed E-state index contributed by atoms with van der Waals surface area (Å²) in [4.78, 5) is 11.7. The van der Waals surface area contributed by atoms with Gasteiger partial charge in [0.1, 0.15) is 5.76 Å². The largest absolute Gasteiger partial charge is 0.469 e. The zero-order chi connectivity index (χ0) is 12.7. The highest BCUT2D eigenvalue weighted by Gasteiger charge is 2.09. The molecule has 1 amide bonds. The summed E-state index contributed by atoms with van der Waals surface area (Å²) in [7, 11) is 0. The first-order chi connectivity index (χ1) is 8.11. The average Bonchev–Trinajstić information content (AvgIpc) is 2.69. The molecule has 1 heterocycles. The molecule has 0 saturated heterocycles. The van der Waals surface area contributed by atoms with Crippen LogP contribution in [0.25, 0.3) is 0 Å². The van der Waals surface area contributed by atoms with Crippen molar-refractivity contribution >= 4 is 5.91 Å². The maximum atomic E-state index is 11.7. The molecular formula is C13H21NO3. The van der Waals surface area contributed by atoms with Crippen LogP contribution in [-0.4, -0.2) is 25.7 Å². The van der Waals surface area contributed by atoms with Gasteiger partial charge in [-0.15, -0.1) is 0 Å². The summed E-state index contributed by atoms with van der Waals surface area (Å²) in [5, 5.41) is 2.84. The number of carbonyl (C=O) groups excluding carboxylic acids is 1. The topological polar surface area (TPSA) is 51.5 Å². The average molecular weight is 239 g/mol. The van der Waals surface area contributed by atoms with Crippen LogP contribution in [0.15, 0.2) is 16.7 Å². The fourth-order valence-corrected chi connectivity index (χ4v) is 1.41. The van der Waals surface area contributed by atoms with E-state index in [0.717, 1.165) is 13.0 Å². The third-order valence-corrected chi connectivity index (χ3v) is 2.31. The Morgan fingerprint density at radius 3 is 2.88 bits per heavy atom. The van der Waals surface area contributed by atoms with Crippen LogP contribution in [0.5, 0.6) is 0 Å². The Morgan fingerprint density at radius 2 is 2.29 bits per heavy atom. The summed E-state index contributed by atoms with van der Waals surface area (Å²) in [6, 6.07) is 1.68. The monoisotopic (exact) mass is 239 g/mol. The van der Waals surface area contributed by atoms with Gasteiger partial charge in [0.05, 0.1) is 11.8 Å². The Morgan fingerprint density at radius 1 is 1.53 bits per heavy atom. The third kappa shape index (κ3) is 5.04. The van der Waals surface area contributed by atoms with E-state index in [1.807, 2.05) is 0 Å². The predicted octanol–water partition coefficient (Wildman–Crippen LogP) is 2.38. The number of hydrogen-bond donors (Lipinski definition) is 1. The van der Waals surface area contributed by atoms with Gasteiger partial charge in [-0.25, -0.2) is 0 Å². The van der Waals surface area contributed by atoms with E-state index in [4.69, 9.17) is 9.15 Å². The summed E-state index contributed by atoms with van der Waals surface area (Å²) in [5.41, 5.74) is 0.605. The van der Waals surface area contributed by atoms with E-state index < -0.39 is 0 Å². The van der Waals surface area contributed by atoms with Crippen LogP contribution in [0.3, 0.4) is 0 Å². The molecule has 1 rings (SSSR count). The third-order valence-electron chi connectivity index (χ3n) is 2.31. The van der Waals surface area contributed by atoms with Crippen molar-refractivity contribution in [3.63, 3.8) is 0 Å². The summed E-state index contributed by atoms with van der Waals surface area (Å²) < 4.78 is 10.5. The number of ether oxygens (including phenoxy) is 1.